The number of nitrogens with zero attached hydrogens (tertiary/aromatic N) is 1. The third kappa shape index (κ3) is 4.92. The van der Waals surface area contributed by atoms with E-state index in [0.29, 0.717) is 19.0 Å². The number of methoxy groups -OCH3 is 1. The molecular formula is C31H32N2O3. The monoisotopic (exact) mass is 480 g/mol. The molecule has 1 heterocycles. The van der Waals surface area contributed by atoms with E-state index in [4.69, 9.17) is 4.74 Å². The molecule has 0 bridgehead atoms. The molecule has 0 fully saturated rings. The Kier molecular flexibility index (Phi) is 6.90. The van der Waals surface area contributed by atoms with Gasteiger partial charge in [0.05, 0.1) is 12.6 Å². The Morgan fingerprint density at radius 3 is 2.50 bits per heavy atom. The molecule has 1 aromatic heterocycles. The summed E-state index contributed by atoms with van der Waals surface area (Å²) >= 11 is 0. The molecule has 5 heteroatoms. The van der Waals surface area contributed by atoms with Crippen LogP contribution >= 0.6 is 0 Å². The topological polar surface area (TPSA) is 60.3 Å². The van der Waals surface area contributed by atoms with Gasteiger partial charge in [-0.25, -0.2) is 0 Å². The third-order valence-electron chi connectivity index (χ3n) is 7.32. The molecule has 36 heavy (non-hydrogen) atoms. The number of hydrogen-bond acceptors (Lipinski definition) is 3. The quantitative estimate of drug-likeness (QED) is 0.372. The van der Waals surface area contributed by atoms with Crippen LogP contribution in [0.2, 0.25) is 0 Å². The summed E-state index contributed by atoms with van der Waals surface area (Å²) in [6.07, 6.45) is 4.05. The molecule has 184 valence electrons. The minimum absolute atomic E-state index is 0.185. The van der Waals surface area contributed by atoms with Gasteiger partial charge >= 0.3 is 0 Å². The standard InChI is InChI=1S/C31H32N2O3/c1-3-21-8-11-24-17-23(18-26(24)16-21)14-15-33-29-7-5-4-6-25(29)19-28(31(33)35)30(34)32-20-22-9-12-27(36-2)13-10-22/h4-13,16,19,23H,3,14-15,17-18,20H2,1-2H3,(H,32,34). The predicted octanol–water partition coefficient (Wildman–Crippen LogP) is 5.31. The van der Waals surface area contributed by atoms with E-state index in [-0.39, 0.29) is 17.0 Å². The van der Waals surface area contributed by atoms with E-state index in [1.165, 1.54) is 16.7 Å². The van der Waals surface area contributed by atoms with E-state index in [1.807, 2.05) is 48.5 Å². The van der Waals surface area contributed by atoms with Crippen molar-refractivity contribution in [3.8, 4) is 5.75 Å². The smallest absolute Gasteiger partial charge is 0.263 e. The SMILES string of the molecule is CCc1ccc2c(c1)CC(CCn1c(=O)c(C(=O)NCc3ccc(OC)cc3)cc3ccccc31)C2. The molecule has 5 nitrogen and oxygen atoms in total. The van der Waals surface area contributed by atoms with Crippen LogP contribution < -0.4 is 15.6 Å². The van der Waals surface area contributed by atoms with Crippen molar-refractivity contribution in [2.45, 2.75) is 45.7 Å². The number of ether oxygens (including phenoxy) is 1. The Morgan fingerprint density at radius 2 is 1.72 bits per heavy atom. The maximum atomic E-state index is 13.5. The van der Waals surface area contributed by atoms with E-state index < -0.39 is 0 Å². The van der Waals surface area contributed by atoms with E-state index in [0.717, 1.165) is 47.9 Å². The molecule has 0 spiro atoms. The lowest BCUT2D eigenvalue weighted by atomic mass is 10.0. The van der Waals surface area contributed by atoms with Crippen molar-refractivity contribution < 1.29 is 9.53 Å². The van der Waals surface area contributed by atoms with Crippen LogP contribution in [0, 0.1) is 5.92 Å². The normalized spacial score (nSPS) is 14.6. The number of aryl methyl sites for hydroxylation is 2. The third-order valence-corrected chi connectivity index (χ3v) is 7.32. The van der Waals surface area contributed by atoms with Crippen LogP contribution in [0.1, 0.15) is 46.0 Å². The van der Waals surface area contributed by atoms with Crippen molar-refractivity contribution in [1.82, 2.24) is 9.88 Å². The number of nitrogens with one attached hydrogen (secondary N) is 1. The zero-order chi connectivity index (χ0) is 25.1. The second kappa shape index (κ2) is 10.4. The van der Waals surface area contributed by atoms with Gasteiger partial charge in [0, 0.05) is 13.1 Å². The van der Waals surface area contributed by atoms with Crippen molar-refractivity contribution in [2.75, 3.05) is 7.11 Å². The molecule has 1 atom stereocenters. The highest BCUT2D eigenvalue weighted by atomic mass is 16.5. The van der Waals surface area contributed by atoms with Crippen molar-refractivity contribution in [2.24, 2.45) is 5.92 Å². The lowest BCUT2D eigenvalue weighted by Gasteiger charge is -2.15. The number of benzene rings is 3. The lowest BCUT2D eigenvalue weighted by Crippen LogP contribution is -2.33. The van der Waals surface area contributed by atoms with Gasteiger partial charge in [-0.2, -0.15) is 0 Å². The van der Waals surface area contributed by atoms with Gasteiger partial charge in [0.25, 0.3) is 11.5 Å². The number of para-hydroxylation sites is 1. The minimum atomic E-state index is -0.351. The van der Waals surface area contributed by atoms with Crippen LogP contribution in [0.4, 0.5) is 0 Å². The van der Waals surface area contributed by atoms with Gasteiger partial charge in [-0.05, 0) is 83.5 Å². The van der Waals surface area contributed by atoms with Crippen LogP contribution in [-0.2, 0) is 32.4 Å². The van der Waals surface area contributed by atoms with Gasteiger partial charge in [-0.1, -0.05) is 55.5 Å². The number of carbonyl (C=O) groups is 1. The molecule has 3 aromatic carbocycles. The van der Waals surface area contributed by atoms with Gasteiger partial charge in [0.15, 0.2) is 0 Å². The predicted molar refractivity (Wildman–Crippen MR) is 144 cm³/mol. The Hall–Kier alpha value is -3.86. The number of rotatable bonds is 8. The van der Waals surface area contributed by atoms with Crippen LogP contribution in [0.15, 0.2) is 77.6 Å². The minimum Gasteiger partial charge on any atom is -0.497 e. The van der Waals surface area contributed by atoms with E-state index >= 15 is 0 Å². The summed E-state index contributed by atoms with van der Waals surface area (Å²) in [5, 5.41) is 3.81. The molecule has 1 aliphatic rings. The lowest BCUT2D eigenvalue weighted by molar-refractivity contribution is 0.0949. The summed E-state index contributed by atoms with van der Waals surface area (Å²) in [6.45, 7) is 3.12. The maximum Gasteiger partial charge on any atom is 0.263 e. The van der Waals surface area contributed by atoms with Crippen molar-refractivity contribution >= 4 is 16.8 Å². The zero-order valence-electron chi connectivity index (χ0n) is 20.9. The first kappa shape index (κ1) is 23.9. The molecule has 0 saturated heterocycles. The van der Waals surface area contributed by atoms with Crippen LogP contribution in [-0.4, -0.2) is 17.6 Å². The summed E-state index contributed by atoms with van der Waals surface area (Å²) < 4.78 is 6.98. The number of fused-ring (bicyclic) bond motifs is 2. The highest BCUT2D eigenvalue weighted by Crippen LogP contribution is 2.30. The summed E-state index contributed by atoms with van der Waals surface area (Å²) in [6, 6.07) is 23.9. The highest BCUT2D eigenvalue weighted by Gasteiger charge is 2.23. The zero-order valence-corrected chi connectivity index (χ0v) is 20.9. The van der Waals surface area contributed by atoms with E-state index in [1.54, 1.807) is 17.7 Å². The average molecular weight is 481 g/mol. The number of hydrogen-bond donors (Lipinski definition) is 1. The van der Waals surface area contributed by atoms with Gasteiger partial charge in [0.2, 0.25) is 0 Å². The summed E-state index contributed by atoms with van der Waals surface area (Å²) in [5.74, 6) is 0.916. The molecular weight excluding hydrogens is 448 g/mol. The average Bonchev–Trinajstić information content (AvgIpc) is 3.33. The van der Waals surface area contributed by atoms with Gasteiger partial charge in [0.1, 0.15) is 11.3 Å². The van der Waals surface area contributed by atoms with Crippen molar-refractivity contribution in [1.29, 1.82) is 0 Å². The van der Waals surface area contributed by atoms with Crippen molar-refractivity contribution in [3.63, 3.8) is 0 Å². The summed E-state index contributed by atoms with van der Waals surface area (Å²) in [4.78, 5) is 26.6. The Morgan fingerprint density at radius 1 is 0.972 bits per heavy atom. The Labute approximate surface area is 211 Å². The summed E-state index contributed by atoms with van der Waals surface area (Å²) in [5.41, 5.74) is 6.03. The second-order valence-electron chi connectivity index (χ2n) is 9.62. The number of carbonyl (C=O) groups excluding carboxylic acids is 1. The van der Waals surface area contributed by atoms with Crippen LogP contribution in [0.3, 0.4) is 0 Å². The van der Waals surface area contributed by atoms with E-state index in [9.17, 15) is 9.59 Å². The first-order valence-electron chi connectivity index (χ1n) is 12.7. The number of pyridine rings is 1. The highest BCUT2D eigenvalue weighted by molar-refractivity contribution is 5.97. The number of aromatic nitrogens is 1. The van der Waals surface area contributed by atoms with Gasteiger partial charge in [-0.3, -0.25) is 9.59 Å². The molecule has 1 N–H and O–H groups in total. The summed E-state index contributed by atoms with van der Waals surface area (Å²) in [7, 11) is 1.62. The largest absolute Gasteiger partial charge is 0.497 e. The van der Waals surface area contributed by atoms with Gasteiger partial charge in [-0.15, -0.1) is 0 Å². The molecule has 0 aliphatic heterocycles. The molecule has 0 radical (unpaired) electrons. The van der Waals surface area contributed by atoms with Gasteiger partial charge < -0.3 is 14.6 Å². The maximum absolute atomic E-state index is 13.5. The first-order valence-corrected chi connectivity index (χ1v) is 12.7. The molecule has 1 amide bonds. The van der Waals surface area contributed by atoms with Crippen LogP contribution in [0.5, 0.6) is 5.75 Å². The molecule has 0 saturated carbocycles. The molecule has 4 aromatic rings. The van der Waals surface area contributed by atoms with Crippen LogP contribution in [0.25, 0.3) is 10.9 Å². The molecule has 1 aliphatic carbocycles. The Bertz CT molecular complexity index is 1450. The first-order chi connectivity index (χ1) is 17.6. The fraction of sp³-hybridized carbons (Fsp3) is 0.290. The molecule has 5 rings (SSSR count). The second-order valence-corrected chi connectivity index (χ2v) is 9.62. The fourth-order valence-corrected chi connectivity index (χ4v) is 5.23. The number of amides is 1. The fourth-order valence-electron chi connectivity index (χ4n) is 5.23. The van der Waals surface area contributed by atoms with E-state index in [2.05, 4.69) is 30.4 Å². The van der Waals surface area contributed by atoms with Crippen molar-refractivity contribution in [3.05, 3.63) is 111 Å². The molecule has 1 unspecified atom stereocenters. The Balaban J connectivity index is 1.34.